The first-order valence-corrected chi connectivity index (χ1v) is 12.6. The number of hydrogen-bond donors (Lipinski definition) is 3. The molecule has 4 aromatic rings. The summed E-state index contributed by atoms with van der Waals surface area (Å²) in [5.41, 5.74) is -1.83. The molecule has 1 atom stereocenters. The van der Waals surface area contributed by atoms with Gasteiger partial charge in [0.15, 0.2) is 5.72 Å². The first-order chi connectivity index (χ1) is 16.5. The summed E-state index contributed by atoms with van der Waals surface area (Å²) in [6.07, 6.45) is 0. The van der Waals surface area contributed by atoms with E-state index in [0.717, 1.165) is 17.7 Å². The van der Waals surface area contributed by atoms with Gasteiger partial charge in [-0.15, -0.1) is 0 Å². The Morgan fingerprint density at radius 3 is 2.40 bits per heavy atom. The Balaban J connectivity index is 1.82. The van der Waals surface area contributed by atoms with Gasteiger partial charge in [-0.1, -0.05) is 53.0 Å². The van der Waals surface area contributed by atoms with E-state index < -0.39 is 27.5 Å². The van der Waals surface area contributed by atoms with Crippen LogP contribution in [-0.4, -0.2) is 19.4 Å². The number of carbonyl (C=O) groups excluding carboxylic acids is 1. The lowest BCUT2D eigenvalue weighted by Crippen LogP contribution is -2.41. The molecule has 1 amide bonds. The summed E-state index contributed by atoms with van der Waals surface area (Å²) in [5.74, 6) is -1.40. The van der Waals surface area contributed by atoms with Gasteiger partial charge in [0.05, 0.1) is 16.1 Å². The number of fused-ring (bicyclic) bond motifs is 3. The van der Waals surface area contributed by atoms with Gasteiger partial charge in [0.25, 0.3) is 15.9 Å². The minimum Gasteiger partial charge on any atom is -0.363 e. The Hall–Kier alpha value is -3.17. The topological polar surface area (TPSA) is 95.5 Å². The van der Waals surface area contributed by atoms with E-state index in [4.69, 9.17) is 23.2 Å². The monoisotopic (exact) mass is 530 g/mol. The molecule has 3 N–H and O–H groups in total. The minimum absolute atomic E-state index is 0.00515. The molecule has 1 unspecified atom stereocenters. The van der Waals surface area contributed by atoms with Crippen molar-refractivity contribution in [2.45, 2.75) is 17.5 Å². The van der Waals surface area contributed by atoms with Crippen LogP contribution in [0.4, 0.5) is 10.1 Å². The summed E-state index contributed by atoms with van der Waals surface area (Å²) in [4.78, 5) is 13.1. The van der Waals surface area contributed by atoms with Gasteiger partial charge in [0.2, 0.25) is 0 Å². The number of halogens is 3. The molecule has 0 fully saturated rings. The van der Waals surface area contributed by atoms with E-state index in [9.17, 15) is 22.7 Å². The molecule has 1 aliphatic heterocycles. The maximum absolute atomic E-state index is 14.2. The van der Waals surface area contributed by atoms with Crippen molar-refractivity contribution in [3.8, 4) is 0 Å². The molecule has 0 aromatic heterocycles. The first kappa shape index (κ1) is 23.6. The highest BCUT2D eigenvalue weighted by molar-refractivity contribution is 7.92. The quantitative estimate of drug-likeness (QED) is 0.332. The van der Waals surface area contributed by atoms with Crippen molar-refractivity contribution in [2.24, 2.45) is 0 Å². The fourth-order valence-electron chi connectivity index (χ4n) is 4.27. The number of aliphatic hydroxyl groups is 1. The fraction of sp³-hybridized carbons (Fsp3) is 0.0800. The highest BCUT2D eigenvalue weighted by Gasteiger charge is 2.47. The number of nitrogens with one attached hydrogen (secondary N) is 2. The first-order valence-electron chi connectivity index (χ1n) is 10.4. The molecule has 178 valence electrons. The minimum atomic E-state index is -4.15. The Morgan fingerprint density at radius 2 is 1.69 bits per heavy atom. The molecule has 0 spiro atoms. The van der Waals surface area contributed by atoms with E-state index in [1.165, 1.54) is 24.3 Å². The lowest BCUT2D eigenvalue weighted by atomic mass is 9.90. The summed E-state index contributed by atoms with van der Waals surface area (Å²) in [6.45, 7) is 1.82. The number of rotatable bonds is 4. The summed E-state index contributed by atoms with van der Waals surface area (Å²) in [6, 6.07) is 15.8. The van der Waals surface area contributed by atoms with Gasteiger partial charge in [0.1, 0.15) is 5.82 Å². The van der Waals surface area contributed by atoms with E-state index in [-0.39, 0.29) is 37.3 Å². The predicted molar refractivity (Wildman–Crippen MR) is 133 cm³/mol. The van der Waals surface area contributed by atoms with Gasteiger partial charge in [-0.25, -0.2) is 12.8 Å². The van der Waals surface area contributed by atoms with Gasteiger partial charge < -0.3 is 10.4 Å². The van der Waals surface area contributed by atoms with Crippen LogP contribution >= 0.6 is 23.2 Å². The van der Waals surface area contributed by atoms with Crippen molar-refractivity contribution in [2.75, 3.05) is 4.72 Å². The second-order valence-corrected chi connectivity index (χ2v) is 10.7. The molecule has 0 aliphatic carbocycles. The summed E-state index contributed by atoms with van der Waals surface area (Å²) < 4.78 is 43.2. The number of carbonyl (C=O) groups is 1. The van der Waals surface area contributed by atoms with E-state index >= 15 is 0 Å². The third-order valence-electron chi connectivity index (χ3n) is 5.91. The number of hydrogen-bond acceptors (Lipinski definition) is 4. The van der Waals surface area contributed by atoms with Crippen molar-refractivity contribution >= 4 is 55.6 Å². The van der Waals surface area contributed by atoms with Crippen LogP contribution in [0.2, 0.25) is 10.0 Å². The Bertz CT molecular complexity index is 1640. The van der Waals surface area contributed by atoms with Crippen LogP contribution in [0.3, 0.4) is 0 Å². The molecule has 0 bridgehead atoms. The summed E-state index contributed by atoms with van der Waals surface area (Å²) in [5, 5.41) is 15.2. The number of aryl methyl sites for hydroxylation is 1. The molecule has 6 nitrogen and oxygen atoms in total. The molecule has 0 radical (unpaired) electrons. The molecule has 5 rings (SSSR count). The van der Waals surface area contributed by atoms with Crippen molar-refractivity contribution in [1.29, 1.82) is 0 Å². The maximum Gasteiger partial charge on any atom is 0.261 e. The van der Waals surface area contributed by atoms with Crippen molar-refractivity contribution in [1.82, 2.24) is 5.32 Å². The van der Waals surface area contributed by atoms with Crippen molar-refractivity contribution in [3.05, 3.63) is 105 Å². The molecular weight excluding hydrogens is 514 g/mol. The van der Waals surface area contributed by atoms with Crippen LogP contribution in [0.25, 0.3) is 10.8 Å². The Labute approximate surface area is 210 Å². The Kier molecular flexibility index (Phi) is 5.52. The molecule has 10 heteroatoms. The third-order valence-corrected chi connectivity index (χ3v) is 7.95. The molecule has 35 heavy (non-hydrogen) atoms. The van der Waals surface area contributed by atoms with Crippen LogP contribution in [0, 0.1) is 12.7 Å². The van der Waals surface area contributed by atoms with Gasteiger partial charge in [0, 0.05) is 26.6 Å². The average Bonchev–Trinajstić information content (AvgIpc) is 3.08. The second-order valence-electron chi connectivity index (χ2n) is 8.22. The molecule has 1 aliphatic rings. The predicted octanol–water partition coefficient (Wildman–Crippen LogP) is 5.33. The van der Waals surface area contributed by atoms with Crippen molar-refractivity contribution < 1.29 is 22.7 Å². The molecule has 0 saturated heterocycles. The van der Waals surface area contributed by atoms with Gasteiger partial charge in [-0.3, -0.25) is 9.52 Å². The van der Waals surface area contributed by atoms with Crippen LogP contribution in [0.5, 0.6) is 0 Å². The SMILES string of the molecule is Cc1ccc(S(=O)(=O)Nc2cc3c(Cl)cccc3c3c2C(O)(c2cc(F)ccc2Cl)NC3=O)cc1. The van der Waals surface area contributed by atoms with Crippen LogP contribution in [0.1, 0.15) is 27.0 Å². The largest absolute Gasteiger partial charge is 0.363 e. The molecule has 0 saturated carbocycles. The number of benzene rings is 4. The zero-order valence-corrected chi connectivity index (χ0v) is 20.4. The zero-order chi connectivity index (χ0) is 25.1. The Morgan fingerprint density at radius 1 is 0.971 bits per heavy atom. The smallest absolute Gasteiger partial charge is 0.261 e. The summed E-state index contributed by atoms with van der Waals surface area (Å²) in [7, 11) is -4.15. The van der Waals surface area contributed by atoms with Crippen LogP contribution in [-0.2, 0) is 15.7 Å². The zero-order valence-electron chi connectivity index (χ0n) is 18.1. The normalized spacial score (nSPS) is 17.3. The molecular formula is C25H17Cl2FN2O4S. The average molecular weight is 531 g/mol. The summed E-state index contributed by atoms with van der Waals surface area (Å²) >= 11 is 12.7. The lowest BCUT2D eigenvalue weighted by Gasteiger charge is -2.28. The van der Waals surface area contributed by atoms with Crippen LogP contribution in [0.15, 0.2) is 71.6 Å². The van der Waals surface area contributed by atoms with Gasteiger partial charge in [-0.2, -0.15) is 0 Å². The van der Waals surface area contributed by atoms with Gasteiger partial charge >= 0.3 is 0 Å². The molecule has 4 aromatic carbocycles. The number of anilines is 1. The van der Waals surface area contributed by atoms with Crippen molar-refractivity contribution in [3.63, 3.8) is 0 Å². The van der Waals surface area contributed by atoms with E-state index in [1.807, 2.05) is 6.92 Å². The van der Waals surface area contributed by atoms with Crippen LogP contribution < -0.4 is 10.0 Å². The number of sulfonamides is 1. The standard InChI is InChI=1S/C25H17Cl2FN2O4S/c1-13-5-8-15(9-6-13)35(33,34)30-21-12-17-16(3-2-4-19(17)26)22-23(21)25(32,29-24(22)31)18-11-14(28)7-10-20(18)27/h2-12,30,32H,1H3,(H,29,31). The van der Waals surface area contributed by atoms with E-state index in [1.54, 1.807) is 30.3 Å². The highest BCUT2D eigenvalue weighted by Crippen LogP contribution is 2.46. The number of amides is 1. The van der Waals surface area contributed by atoms with E-state index in [0.29, 0.717) is 10.8 Å². The lowest BCUT2D eigenvalue weighted by molar-refractivity contribution is 0.0479. The van der Waals surface area contributed by atoms with E-state index in [2.05, 4.69) is 10.0 Å². The molecule has 1 heterocycles. The third kappa shape index (κ3) is 3.83. The maximum atomic E-state index is 14.2. The van der Waals surface area contributed by atoms with Gasteiger partial charge in [-0.05, 0) is 54.8 Å². The highest BCUT2D eigenvalue weighted by atomic mass is 35.5. The second kappa shape index (κ2) is 8.20. The fourth-order valence-corrected chi connectivity index (χ4v) is 5.81.